The predicted molar refractivity (Wildman–Crippen MR) is 96.0 cm³/mol. The molecule has 0 radical (unpaired) electrons. The lowest BCUT2D eigenvalue weighted by atomic mass is 10.2. The van der Waals surface area contributed by atoms with E-state index in [4.69, 9.17) is 9.15 Å². The van der Waals surface area contributed by atoms with Crippen LogP contribution in [0.1, 0.15) is 44.0 Å². The summed E-state index contributed by atoms with van der Waals surface area (Å²) in [6.45, 7) is 13.1. The van der Waals surface area contributed by atoms with Gasteiger partial charge in [0.25, 0.3) is 0 Å². The lowest BCUT2D eigenvalue weighted by molar-refractivity contribution is 0.222. The summed E-state index contributed by atoms with van der Waals surface area (Å²) in [5, 5.41) is 0. The van der Waals surface area contributed by atoms with Gasteiger partial charge in [-0.05, 0) is 13.8 Å². The number of aromatic nitrogens is 3. The molecule has 0 aromatic carbocycles. The number of hydrogen-bond donors (Lipinski definition) is 0. The van der Waals surface area contributed by atoms with Crippen LogP contribution in [0.5, 0.6) is 5.88 Å². The number of piperazine rings is 1. The molecule has 1 aliphatic rings. The lowest BCUT2D eigenvalue weighted by Crippen LogP contribution is -2.46. The van der Waals surface area contributed by atoms with Crippen LogP contribution >= 0.6 is 0 Å². The fourth-order valence-electron chi connectivity index (χ4n) is 2.85. The topological polar surface area (TPSA) is 67.5 Å². The molecule has 0 spiro atoms. The summed E-state index contributed by atoms with van der Waals surface area (Å²) in [5.41, 5.74) is 0.928. The monoisotopic (exact) mass is 345 g/mol. The van der Waals surface area contributed by atoms with Crippen molar-refractivity contribution in [2.75, 3.05) is 37.7 Å². The first-order valence-corrected chi connectivity index (χ1v) is 8.95. The molecule has 1 fully saturated rings. The summed E-state index contributed by atoms with van der Waals surface area (Å²) in [6, 6.07) is 1.87. The summed E-state index contributed by atoms with van der Waals surface area (Å²) in [7, 11) is 0. The number of aryl methyl sites for hydroxylation is 1. The van der Waals surface area contributed by atoms with Gasteiger partial charge in [-0.2, -0.15) is 4.98 Å². The standard InChI is InChI=1S/C18H27N5O2/c1-5-24-16-10-14(4)20-18(21-16)23-8-6-22(7-9-23)12-17-19-11-15(25-17)13(2)3/h10-11,13H,5-9,12H2,1-4H3. The molecule has 0 atom stereocenters. The van der Waals surface area contributed by atoms with E-state index in [1.807, 2.05) is 26.1 Å². The van der Waals surface area contributed by atoms with Crippen LogP contribution in [0.2, 0.25) is 0 Å². The molecule has 136 valence electrons. The predicted octanol–water partition coefficient (Wildman–Crippen LogP) is 2.62. The highest BCUT2D eigenvalue weighted by atomic mass is 16.5. The van der Waals surface area contributed by atoms with Crippen molar-refractivity contribution in [3.8, 4) is 5.88 Å². The lowest BCUT2D eigenvalue weighted by Gasteiger charge is -2.34. The van der Waals surface area contributed by atoms with Crippen LogP contribution in [0.3, 0.4) is 0 Å². The summed E-state index contributed by atoms with van der Waals surface area (Å²) >= 11 is 0. The third kappa shape index (κ3) is 4.48. The molecule has 0 bridgehead atoms. The Hall–Kier alpha value is -2.15. The van der Waals surface area contributed by atoms with Crippen LogP contribution in [0, 0.1) is 6.92 Å². The van der Waals surface area contributed by atoms with E-state index in [1.165, 1.54) is 0 Å². The normalized spacial score (nSPS) is 15.8. The van der Waals surface area contributed by atoms with Crippen LogP contribution < -0.4 is 9.64 Å². The van der Waals surface area contributed by atoms with Crippen molar-refractivity contribution < 1.29 is 9.15 Å². The largest absolute Gasteiger partial charge is 0.478 e. The molecule has 25 heavy (non-hydrogen) atoms. The van der Waals surface area contributed by atoms with Crippen molar-refractivity contribution in [1.29, 1.82) is 0 Å². The average Bonchev–Trinajstić information content (AvgIpc) is 3.04. The molecule has 0 N–H and O–H groups in total. The average molecular weight is 345 g/mol. The first-order chi connectivity index (χ1) is 12.0. The number of ether oxygens (including phenoxy) is 1. The number of oxazole rings is 1. The van der Waals surface area contributed by atoms with E-state index in [2.05, 4.69) is 38.6 Å². The van der Waals surface area contributed by atoms with Gasteiger partial charge in [0.05, 0.1) is 19.3 Å². The fraction of sp³-hybridized carbons (Fsp3) is 0.611. The van der Waals surface area contributed by atoms with E-state index in [9.17, 15) is 0 Å². The van der Waals surface area contributed by atoms with Crippen LogP contribution in [0.15, 0.2) is 16.7 Å². The van der Waals surface area contributed by atoms with E-state index in [0.29, 0.717) is 18.4 Å². The van der Waals surface area contributed by atoms with Gasteiger partial charge in [-0.15, -0.1) is 0 Å². The van der Waals surface area contributed by atoms with E-state index in [1.54, 1.807) is 0 Å². The SMILES string of the molecule is CCOc1cc(C)nc(N2CCN(Cc3ncc(C(C)C)o3)CC2)n1. The molecule has 2 aromatic rings. The van der Waals surface area contributed by atoms with Crippen LogP contribution in [-0.2, 0) is 6.54 Å². The summed E-state index contributed by atoms with van der Waals surface area (Å²) < 4.78 is 11.3. The third-order valence-electron chi connectivity index (χ3n) is 4.27. The highest BCUT2D eigenvalue weighted by Gasteiger charge is 2.21. The minimum Gasteiger partial charge on any atom is -0.478 e. The molecule has 7 nitrogen and oxygen atoms in total. The molecule has 0 saturated carbocycles. The number of hydrogen-bond acceptors (Lipinski definition) is 7. The molecular weight excluding hydrogens is 318 g/mol. The van der Waals surface area contributed by atoms with E-state index >= 15 is 0 Å². The quantitative estimate of drug-likeness (QED) is 0.797. The van der Waals surface area contributed by atoms with Gasteiger partial charge in [0.1, 0.15) is 5.76 Å². The second-order valence-electron chi connectivity index (χ2n) is 6.65. The Morgan fingerprint density at radius 3 is 2.60 bits per heavy atom. The number of nitrogens with zero attached hydrogens (tertiary/aromatic N) is 5. The molecule has 0 amide bonds. The van der Waals surface area contributed by atoms with Gasteiger partial charge < -0.3 is 14.1 Å². The van der Waals surface area contributed by atoms with Crippen molar-refractivity contribution >= 4 is 5.95 Å². The highest BCUT2D eigenvalue weighted by Crippen LogP contribution is 2.19. The maximum atomic E-state index is 5.81. The molecule has 1 aliphatic heterocycles. The van der Waals surface area contributed by atoms with Crippen LogP contribution in [0.25, 0.3) is 0 Å². The van der Waals surface area contributed by atoms with Gasteiger partial charge in [0, 0.05) is 43.9 Å². The van der Waals surface area contributed by atoms with Gasteiger partial charge in [0.2, 0.25) is 17.7 Å². The Morgan fingerprint density at radius 1 is 1.20 bits per heavy atom. The Morgan fingerprint density at radius 2 is 1.96 bits per heavy atom. The van der Waals surface area contributed by atoms with Gasteiger partial charge in [0.15, 0.2) is 0 Å². The number of anilines is 1. The maximum Gasteiger partial charge on any atom is 0.228 e. The molecule has 0 aliphatic carbocycles. The fourth-order valence-corrected chi connectivity index (χ4v) is 2.85. The van der Waals surface area contributed by atoms with Crippen LogP contribution in [-0.4, -0.2) is 52.6 Å². The Labute approximate surface area is 149 Å². The van der Waals surface area contributed by atoms with Crippen molar-refractivity contribution in [2.24, 2.45) is 0 Å². The smallest absolute Gasteiger partial charge is 0.228 e. The first-order valence-electron chi connectivity index (χ1n) is 8.95. The van der Waals surface area contributed by atoms with Gasteiger partial charge in [-0.1, -0.05) is 13.8 Å². The zero-order chi connectivity index (χ0) is 17.8. The van der Waals surface area contributed by atoms with Gasteiger partial charge in [-0.3, -0.25) is 4.90 Å². The maximum absolute atomic E-state index is 5.81. The van der Waals surface area contributed by atoms with Crippen molar-refractivity contribution in [3.05, 3.63) is 29.6 Å². The van der Waals surface area contributed by atoms with Crippen molar-refractivity contribution in [3.63, 3.8) is 0 Å². The Balaban J connectivity index is 1.58. The van der Waals surface area contributed by atoms with Crippen molar-refractivity contribution in [2.45, 2.75) is 40.2 Å². The van der Waals surface area contributed by atoms with E-state index in [-0.39, 0.29) is 0 Å². The number of rotatable bonds is 6. The van der Waals surface area contributed by atoms with Crippen LogP contribution in [0.4, 0.5) is 5.95 Å². The Kier molecular flexibility index (Phi) is 5.53. The highest BCUT2D eigenvalue weighted by molar-refractivity contribution is 5.35. The van der Waals surface area contributed by atoms with Gasteiger partial charge in [-0.25, -0.2) is 9.97 Å². The van der Waals surface area contributed by atoms with Crippen molar-refractivity contribution in [1.82, 2.24) is 19.9 Å². The minimum atomic E-state index is 0.371. The zero-order valence-corrected chi connectivity index (χ0v) is 15.5. The van der Waals surface area contributed by atoms with Gasteiger partial charge >= 0.3 is 0 Å². The molecule has 1 saturated heterocycles. The van der Waals surface area contributed by atoms with E-state index < -0.39 is 0 Å². The molecule has 3 rings (SSSR count). The second-order valence-corrected chi connectivity index (χ2v) is 6.65. The third-order valence-corrected chi connectivity index (χ3v) is 4.27. The second kappa shape index (κ2) is 7.82. The summed E-state index contributed by atoms with van der Waals surface area (Å²) in [6.07, 6.45) is 1.84. The molecular formula is C18H27N5O2. The molecule has 0 unspecified atom stereocenters. The molecule has 7 heteroatoms. The first kappa shape index (κ1) is 17.7. The molecule has 3 heterocycles. The summed E-state index contributed by atoms with van der Waals surface area (Å²) in [5.74, 6) is 3.51. The Bertz CT molecular complexity index is 693. The summed E-state index contributed by atoms with van der Waals surface area (Å²) in [4.78, 5) is 18.0. The zero-order valence-electron chi connectivity index (χ0n) is 15.5. The molecule has 2 aromatic heterocycles. The minimum absolute atomic E-state index is 0.371. The van der Waals surface area contributed by atoms with E-state index in [0.717, 1.165) is 56.0 Å².